The maximum atomic E-state index is 13.2. The zero-order chi connectivity index (χ0) is 14.6. The normalized spacial score (nSPS) is 13.9. The molecule has 0 aliphatic heterocycles. The van der Waals surface area contributed by atoms with E-state index >= 15 is 0 Å². The van der Waals surface area contributed by atoms with Gasteiger partial charge in [0.05, 0.1) is 16.9 Å². The number of nitrogen functional groups attached to an aromatic ring is 1. The summed E-state index contributed by atoms with van der Waals surface area (Å²) >= 11 is 3.11. The van der Waals surface area contributed by atoms with Crippen molar-refractivity contribution in [2.24, 2.45) is 0 Å². The summed E-state index contributed by atoms with van der Waals surface area (Å²) in [6, 6.07) is 2.41. The van der Waals surface area contributed by atoms with Crippen molar-refractivity contribution in [2.75, 3.05) is 12.3 Å². The number of hydrogen-bond donors (Lipinski definition) is 3. The Kier molecular flexibility index (Phi) is 5.31. The van der Waals surface area contributed by atoms with E-state index in [0.29, 0.717) is 10.9 Å². The number of halogens is 2. The van der Waals surface area contributed by atoms with Crippen LogP contribution in [0.3, 0.4) is 0 Å². The molecule has 0 radical (unpaired) electrons. The number of benzene rings is 1. The zero-order valence-corrected chi connectivity index (χ0v) is 12.6. The predicted octanol–water partition coefficient (Wildman–Crippen LogP) is 2.45. The van der Waals surface area contributed by atoms with E-state index < -0.39 is 17.3 Å². The Morgan fingerprint density at radius 2 is 2.21 bits per heavy atom. The van der Waals surface area contributed by atoms with Crippen LogP contribution in [0.15, 0.2) is 16.6 Å². The molecule has 0 aliphatic rings. The van der Waals surface area contributed by atoms with Gasteiger partial charge in [-0.1, -0.05) is 13.3 Å². The molecule has 0 bridgehead atoms. The second-order valence-electron chi connectivity index (χ2n) is 4.78. The number of carbonyl (C=O) groups is 1. The molecule has 1 rings (SSSR count). The third-order valence-corrected chi connectivity index (χ3v) is 3.41. The van der Waals surface area contributed by atoms with E-state index in [9.17, 15) is 14.3 Å². The molecule has 1 aromatic carbocycles. The van der Waals surface area contributed by atoms with Gasteiger partial charge < -0.3 is 16.2 Å². The lowest BCUT2D eigenvalue weighted by atomic mass is 10.0. The first-order chi connectivity index (χ1) is 8.76. The van der Waals surface area contributed by atoms with Crippen molar-refractivity contribution in [3.8, 4) is 0 Å². The summed E-state index contributed by atoms with van der Waals surface area (Å²) < 4.78 is 13.5. The molecular weight excluding hydrogens is 315 g/mol. The number of aliphatic hydroxyl groups is 1. The summed E-state index contributed by atoms with van der Waals surface area (Å²) in [4.78, 5) is 11.9. The minimum atomic E-state index is -0.956. The number of nitrogens with one attached hydrogen (secondary N) is 1. The Labute approximate surface area is 120 Å². The summed E-state index contributed by atoms with van der Waals surface area (Å²) in [6.45, 7) is 3.74. The van der Waals surface area contributed by atoms with Gasteiger partial charge in [-0.2, -0.15) is 0 Å². The number of amides is 1. The number of nitrogens with two attached hydrogens (primary N) is 1. The molecule has 1 unspecified atom stereocenters. The lowest BCUT2D eigenvalue weighted by Gasteiger charge is -2.23. The van der Waals surface area contributed by atoms with Crippen LogP contribution in [-0.4, -0.2) is 23.2 Å². The van der Waals surface area contributed by atoms with Crippen LogP contribution in [0.5, 0.6) is 0 Å². The first-order valence-corrected chi connectivity index (χ1v) is 6.81. The van der Waals surface area contributed by atoms with Crippen molar-refractivity contribution < 1.29 is 14.3 Å². The Morgan fingerprint density at radius 1 is 1.58 bits per heavy atom. The maximum Gasteiger partial charge on any atom is 0.252 e. The highest BCUT2D eigenvalue weighted by atomic mass is 79.9. The molecule has 0 fully saturated rings. The standard InChI is InChI=1S/C13H18BrFN2O2/c1-3-4-13(2,19)7-17-12(18)8-5-11(16)10(15)6-9(8)14/h5-6,19H,3-4,7,16H2,1-2H3,(H,17,18). The van der Waals surface area contributed by atoms with Crippen molar-refractivity contribution in [1.82, 2.24) is 5.32 Å². The highest BCUT2D eigenvalue weighted by molar-refractivity contribution is 9.10. The highest BCUT2D eigenvalue weighted by Gasteiger charge is 2.21. The van der Waals surface area contributed by atoms with Gasteiger partial charge in [0.15, 0.2) is 0 Å². The molecule has 6 heteroatoms. The van der Waals surface area contributed by atoms with Crippen LogP contribution in [0, 0.1) is 5.82 Å². The van der Waals surface area contributed by atoms with E-state index in [1.54, 1.807) is 6.92 Å². The highest BCUT2D eigenvalue weighted by Crippen LogP contribution is 2.23. The summed E-state index contributed by atoms with van der Waals surface area (Å²) in [5, 5.41) is 12.6. The van der Waals surface area contributed by atoms with Gasteiger partial charge in [-0.15, -0.1) is 0 Å². The molecule has 0 saturated carbocycles. The number of carbonyl (C=O) groups excluding carboxylic acids is 1. The third kappa shape index (κ3) is 4.47. The quantitative estimate of drug-likeness (QED) is 0.725. The van der Waals surface area contributed by atoms with Crippen LogP contribution in [-0.2, 0) is 0 Å². The summed E-state index contributed by atoms with van der Waals surface area (Å²) in [5.41, 5.74) is 4.63. The molecule has 0 aromatic heterocycles. The summed E-state index contributed by atoms with van der Waals surface area (Å²) in [5.74, 6) is -0.989. The fourth-order valence-corrected chi connectivity index (χ4v) is 2.23. The molecule has 1 amide bonds. The zero-order valence-electron chi connectivity index (χ0n) is 11.0. The van der Waals surface area contributed by atoms with E-state index in [0.717, 1.165) is 12.5 Å². The predicted molar refractivity (Wildman–Crippen MR) is 76.4 cm³/mol. The van der Waals surface area contributed by atoms with Crippen molar-refractivity contribution in [3.05, 3.63) is 28.0 Å². The Bertz CT molecular complexity index is 478. The van der Waals surface area contributed by atoms with Gasteiger partial charge in [-0.3, -0.25) is 4.79 Å². The molecule has 0 saturated heterocycles. The van der Waals surface area contributed by atoms with Crippen LogP contribution >= 0.6 is 15.9 Å². The molecule has 1 aromatic rings. The molecule has 0 heterocycles. The van der Waals surface area contributed by atoms with Crippen LogP contribution in [0.1, 0.15) is 37.0 Å². The van der Waals surface area contributed by atoms with Gasteiger partial charge in [-0.05, 0) is 41.4 Å². The van der Waals surface area contributed by atoms with E-state index in [1.165, 1.54) is 6.07 Å². The van der Waals surface area contributed by atoms with Gasteiger partial charge in [0.2, 0.25) is 0 Å². The first-order valence-electron chi connectivity index (χ1n) is 6.02. The number of anilines is 1. The Morgan fingerprint density at radius 3 is 2.79 bits per heavy atom. The Balaban J connectivity index is 2.77. The fraction of sp³-hybridized carbons (Fsp3) is 0.462. The fourth-order valence-electron chi connectivity index (χ4n) is 1.73. The molecule has 0 aliphatic carbocycles. The van der Waals surface area contributed by atoms with Crippen LogP contribution in [0.25, 0.3) is 0 Å². The molecule has 4 nitrogen and oxygen atoms in total. The number of rotatable bonds is 5. The SMILES string of the molecule is CCCC(C)(O)CNC(=O)c1cc(N)c(F)cc1Br. The summed E-state index contributed by atoms with van der Waals surface area (Å²) in [7, 11) is 0. The van der Waals surface area contributed by atoms with E-state index in [4.69, 9.17) is 5.73 Å². The molecular formula is C13H18BrFN2O2. The van der Waals surface area contributed by atoms with Crippen LogP contribution in [0.2, 0.25) is 0 Å². The Hall–Kier alpha value is -1.14. The molecule has 1 atom stereocenters. The summed E-state index contributed by atoms with van der Waals surface area (Å²) in [6.07, 6.45) is 1.40. The average molecular weight is 333 g/mol. The second kappa shape index (κ2) is 6.34. The minimum Gasteiger partial charge on any atom is -0.396 e. The largest absolute Gasteiger partial charge is 0.396 e. The van der Waals surface area contributed by atoms with Gasteiger partial charge >= 0.3 is 0 Å². The van der Waals surface area contributed by atoms with Crippen molar-refractivity contribution in [3.63, 3.8) is 0 Å². The minimum absolute atomic E-state index is 0.0892. The molecule has 19 heavy (non-hydrogen) atoms. The molecule has 106 valence electrons. The molecule has 0 spiro atoms. The van der Waals surface area contributed by atoms with Gasteiger partial charge in [-0.25, -0.2) is 4.39 Å². The van der Waals surface area contributed by atoms with E-state index in [1.807, 2.05) is 6.92 Å². The average Bonchev–Trinajstić information content (AvgIpc) is 2.31. The monoisotopic (exact) mass is 332 g/mol. The molecule has 4 N–H and O–H groups in total. The van der Waals surface area contributed by atoms with Gasteiger partial charge in [0.1, 0.15) is 5.82 Å². The van der Waals surface area contributed by atoms with Crippen molar-refractivity contribution in [1.29, 1.82) is 0 Å². The first kappa shape index (κ1) is 15.9. The van der Waals surface area contributed by atoms with E-state index in [2.05, 4.69) is 21.2 Å². The van der Waals surface area contributed by atoms with Gasteiger partial charge in [0.25, 0.3) is 5.91 Å². The lowest BCUT2D eigenvalue weighted by Crippen LogP contribution is -2.40. The van der Waals surface area contributed by atoms with Crippen molar-refractivity contribution >= 4 is 27.5 Å². The van der Waals surface area contributed by atoms with E-state index in [-0.39, 0.29) is 17.8 Å². The van der Waals surface area contributed by atoms with Crippen LogP contribution in [0.4, 0.5) is 10.1 Å². The third-order valence-electron chi connectivity index (χ3n) is 2.75. The number of hydrogen-bond acceptors (Lipinski definition) is 3. The topological polar surface area (TPSA) is 75.3 Å². The van der Waals surface area contributed by atoms with Crippen molar-refractivity contribution in [2.45, 2.75) is 32.3 Å². The smallest absolute Gasteiger partial charge is 0.252 e. The lowest BCUT2D eigenvalue weighted by molar-refractivity contribution is 0.0469. The van der Waals surface area contributed by atoms with Crippen LogP contribution < -0.4 is 11.1 Å². The maximum absolute atomic E-state index is 13.2. The second-order valence-corrected chi connectivity index (χ2v) is 5.64. The van der Waals surface area contributed by atoms with Gasteiger partial charge in [0, 0.05) is 11.0 Å².